The number of carbonyl (C=O) groups excluding carboxylic acids is 1. The van der Waals surface area contributed by atoms with Gasteiger partial charge < -0.3 is 14.8 Å². The first-order valence-corrected chi connectivity index (χ1v) is 8.86. The molecule has 9 nitrogen and oxygen atoms in total. The summed E-state index contributed by atoms with van der Waals surface area (Å²) >= 11 is 0. The van der Waals surface area contributed by atoms with Crippen LogP contribution in [0.1, 0.15) is 15.9 Å². The molecule has 0 atom stereocenters. The summed E-state index contributed by atoms with van der Waals surface area (Å²) in [4.78, 5) is 22.5. The lowest BCUT2D eigenvalue weighted by Gasteiger charge is -2.11. The van der Waals surface area contributed by atoms with E-state index in [1.807, 2.05) is 30.3 Å². The van der Waals surface area contributed by atoms with Gasteiger partial charge in [0.15, 0.2) is 11.5 Å². The van der Waals surface area contributed by atoms with Gasteiger partial charge in [0.05, 0.1) is 18.6 Å². The third-order valence-corrected chi connectivity index (χ3v) is 4.11. The van der Waals surface area contributed by atoms with Crippen molar-refractivity contribution in [2.24, 2.45) is 0 Å². The molecule has 3 rings (SSSR count). The van der Waals surface area contributed by atoms with Crippen LogP contribution in [0.15, 0.2) is 60.9 Å². The number of rotatable bonds is 9. The number of carbonyl (C=O) groups is 1. The summed E-state index contributed by atoms with van der Waals surface area (Å²) in [5.74, 6) is 1.02. The van der Waals surface area contributed by atoms with E-state index < -0.39 is 4.92 Å². The number of para-hydroxylation sites is 2. The zero-order valence-electron chi connectivity index (χ0n) is 15.8. The van der Waals surface area contributed by atoms with Crippen LogP contribution in [0, 0.1) is 10.1 Å². The van der Waals surface area contributed by atoms with Crippen molar-refractivity contribution in [3.05, 3.63) is 82.2 Å². The molecular formula is C20H20N4O5. The van der Waals surface area contributed by atoms with Gasteiger partial charge in [0.25, 0.3) is 5.91 Å². The molecule has 1 aromatic heterocycles. The number of benzene rings is 2. The minimum Gasteiger partial charge on any atom is -0.493 e. The van der Waals surface area contributed by atoms with Crippen molar-refractivity contribution in [1.29, 1.82) is 0 Å². The highest BCUT2D eigenvalue weighted by Gasteiger charge is 2.10. The molecule has 0 aliphatic heterocycles. The van der Waals surface area contributed by atoms with Crippen molar-refractivity contribution >= 4 is 11.6 Å². The van der Waals surface area contributed by atoms with Gasteiger partial charge in [0, 0.05) is 12.1 Å². The third kappa shape index (κ3) is 5.32. The molecule has 150 valence electrons. The maximum Gasteiger partial charge on any atom is 0.306 e. The van der Waals surface area contributed by atoms with E-state index in [4.69, 9.17) is 9.47 Å². The Morgan fingerprint density at radius 2 is 2.00 bits per heavy atom. The van der Waals surface area contributed by atoms with Crippen molar-refractivity contribution in [2.75, 3.05) is 13.7 Å². The van der Waals surface area contributed by atoms with Gasteiger partial charge in [-0.15, -0.1) is 0 Å². The Bertz CT molecular complexity index is 1000. The number of hydrogen-bond donors (Lipinski definition) is 1. The highest BCUT2D eigenvalue weighted by Crippen LogP contribution is 2.26. The summed E-state index contributed by atoms with van der Waals surface area (Å²) < 4.78 is 12.5. The standard InChI is InChI=1S/C20H20N4O5/c1-28-18-7-2-3-8-19(18)29-14-15-5-4-6-16(11-15)20(25)21-9-10-23-13-17(12-22-23)24(26)27/h2-8,11-13H,9-10,14H2,1H3,(H,21,25). The fraction of sp³-hybridized carbons (Fsp3) is 0.200. The summed E-state index contributed by atoms with van der Waals surface area (Å²) in [6.45, 7) is 0.911. The van der Waals surface area contributed by atoms with Gasteiger partial charge in [0.2, 0.25) is 0 Å². The van der Waals surface area contributed by atoms with Gasteiger partial charge in [-0.25, -0.2) is 0 Å². The third-order valence-electron chi connectivity index (χ3n) is 4.11. The summed E-state index contributed by atoms with van der Waals surface area (Å²) in [5, 5.41) is 17.3. The topological polar surface area (TPSA) is 109 Å². The number of amides is 1. The summed E-state index contributed by atoms with van der Waals surface area (Å²) in [6, 6.07) is 14.5. The first kappa shape index (κ1) is 19.9. The van der Waals surface area contributed by atoms with E-state index in [2.05, 4.69) is 10.4 Å². The molecule has 0 fully saturated rings. The van der Waals surface area contributed by atoms with Crippen LogP contribution in [-0.4, -0.2) is 34.3 Å². The van der Waals surface area contributed by atoms with Crippen LogP contribution < -0.4 is 14.8 Å². The largest absolute Gasteiger partial charge is 0.493 e. The lowest BCUT2D eigenvalue weighted by molar-refractivity contribution is -0.385. The second-order valence-corrected chi connectivity index (χ2v) is 6.11. The predicted octanol–water partition coefficient (Wildman–Crippen LogP) is 2.81. The molecule has 0 radical (unpaired) electrons. The summed E-state index contributed by atoms with van der Waals surface area (Å²) in [7, 11) is 1.58. The number of nitrogens with zero attached hydrogens (tertiary/aromatic N) is 3. The van der Waals surface area contributed by atoms with Gasteiger partial charge in [-0.1, -0.05) is 24.3 Å². The number of aromatic nitrogens is 2. The number of nitro groups is 1. The van der Waals surface area contributed by atoms with E-state index in [1.54, 1.807) is 25.3 Å². The zero-order chi connectivity index (χ0) is 20.6. The Hall–Kier alpha value is -3.88. The molecule has 1 heterocycles. The fourth-order valence-electron chi connectivity index (χ4n) is 2.66. The molecule has 0 unspecified atom stereocenters. The molecule has 0 spiro atoms. The molecule has 0 aliphatic rings. The molecule has 0 saturated heterocycles. The molecule has 9 heteroatoms. The maximum absolute atomic E-state index is 12.4. The Morgan fingerprint density at radius 3 is 2.72 bits per heavy atom. The lowest BCUT2D eigenvalue weighted by atomic mass is 10.1. The number of ether oxygens (including phenoxy) is 2. The van der Waals surface area contributed by atoms with E-state index >= 15 is 0 Å². The fourth-order valence-corrected chi connectivity index (χ4v) is 2.66. The van der Waals surface area contributed by atoms with Crippen molar-refractivity contribution in [2.45, 2.75) is 13.2 Å². The van der Waals surface area contributed by atoms with Crippen LogP contribution in [0.3, 0.4) is 0 Å². The zero-order valence-corrected chi connectivity index (χ0v) is 15.8. The van der Waals surface area contributed by atoms with Crippen LogP contribution >= 0.6 is 0 Å². The van der Waals surface area contributed by atoms with Crippen LogP contribution in [0.2, 0.25) is 0 Å². The molecule has 3 aromatic rings. The average molecular weight is 396 g/mol. The highest BCUT2D eigenvalue weighted by atomic mass is 16.6. The van der Waals surface area contributed by atoms with E-state index in [-0.39, 0.29) is 11.6 Å². The summed E-state index contributed by atoms with van der Waals surface area (Å²) in [6.07, 6.45) is 2.50. The smallest absolute Gasteiger partial charge is 0.306 e. The second-order valence-electron chi connectivity index (χ2n) is 6.11. The first-order chi connectivity index (χ1) is 14.1. The molecule has 1 amide bonds. The molecular weight excluding hydrogens is 376 g/mol. The van der Waals surface area contributed by atoms with Crippen LogP contribution in [0.25, 0.3) is 0 Å². The van der Waals surface area contributed by atoms with E-state index in [1.165, 1.54) is 17.1 Å². The number of hydrogen-bond acceptors (Lipinski definition) is 6. The normalized spacial score (nSPS) is 10.4. The molecule has 2 aromatic carbocycles. The predicted molar refractivity (Wildman–Crippen MR) is 105 cm³/mol. The quantitative estimate of drug-likeness (QED) is 0.440. The Balaban J connectivity index is 1.54. The minimum absolute atomic E-state index is 0.0842. The van der Waals surface area contributed by atoms with Gasteiger partial charge in [0.1, 0.15) is 19.0 Å². The van der Waals surface area contributed by atoms with E-state index in [0.29, 0.717) is 36.8 Å². The van der Waals surface area contributed by atoms with Crippen molar-refractivity contribution < 1.29 is 19.2 Å². The van der Waals surface area contributed by atoms with Gasteiger partial charge >= 0.3 is 5.69 Å². The van der Waals surface area contributed by atoms with E-state index in [0.717, 1.165) is 5.56 Å². The van der Waals surface area contributed by atoms with Crippen molar-refractivity contribution in [3.63, 3.8) is 0 Å². The Morgan fingerprint density at radius 1 is 1.21 bits per heavy atom. The Labute approximate surface area is 167 Å². The van der Waals surface area contributed by atoms with Crippen LogP contribution in [-0.2, 0) is 13.2 Å². The van der Waals surface area contributed by atoms with Crippen LogP contribution in [0.5, 0.6) is 11.5 Å². The van der Waals surface area contributed by atoms with Crippen LogP contribution in [0.4, 0.5) is 5.69 Å². The molecule has 0 bridgehead atoms. The molecule has 0 saturated carbocycles. The van der Waals surface area contributed by atoms with Gasteiger partial charge in [-0.2, -0.15) is 5.10 Å². The molecule has 29 heavy (non-hydrogen) atoms. The monoisotopic (exact) mass is 396 g/mol. The lowest BCUT2D eigenvalue weighted by Crippen LogP contribution is -2.27. The molecule has 1 N–H and O–H groups in total. The number of nitrogens with one attached hydrogen (secondary N) is 1. The van der Waals surface area contributed by atoms with Gasteiger partial charge in [-0.3, -0.25) is 19.6 Å². The van der Waals surface area contributed by atoms with E-state index in [9.17, 15) is 14.9 Å². The SMILES string of the molecule is COc1ccccc1OCc1cccc(C(=O)NCCn2cc([N+](=O)[O-])cn2)c1. The summed E-state index contributed by atoms with van der Waals surface area (Å²) in [5.41, 5.74) is 1.25. The van der Waals surface area contributed by atoms with Gasteiger partial charge in [-0.05, 0) is 29.8 Å². The van der Waals surface area contributed by atoms with Crippen molar-refractivity contribution in [3.8, 4) is 11.5 Å². The molecule has 0 aliphatic carbocycles. The maximum atomic E-state index is 12.4. The number of methoxy groups -OCH3 is 1. The highest BCUT2D eigenvalue weighted by molar-refractivity contribution is 5.94. The minimum atomic E-state index is -0.513. The second kappa shape index (κ2) is 9.36. The first-order valence-electron chi connectivity index (χ1n) is 8.86. The average Bonchev–Trinajstić information content (AvgIpc) is 3.22. The van der Waals surface area contributed by atoms with Crippen molar-refractivity contribution in [1.82, 2.24) is 15.1 Å². The Kier molecular flexibility index (Phi) is 6.41.